The van der Waals surface area contributed by atoms with E-state index in [2.05, 4.69) is 17.3 Å². The number of carbonyl (C=O) groups is 1. The summed E-state index contributed by atoms with van der Waals surface area (Å²) in [6.07, 6.45) is 5.05. The molecule has 2 heterocycles. The number of hydrogen-bond donors (Lipinski definition) is 1. The van der Waals surface area contributed by atoms with Crippen LogP contribution < -0.4 is 10.9 Å². The van der Waals surface area contributed by atoms with Gasteiger partial charge in [-0.2, -0.15) is 16.9 Å². The van der Waals surface area contributed by atoms with Crippen molar-refractivity contribution in [2.24, 2.45) is 0 Å². The highest BCUT2D eigenvalue weighted by Crippen LogP contribution is 2.14. The molecule has 0 aliphatic rings. The molecule has 2 aromatic heterocycles. The van der Waals surface area contributed by atoms with Gasteiger partial charge in [-0.25, -0.2) is 4.68 Å². The minimum Gasteiger partial charge on any atom is -0.354 e. The largest absolute Gasteiger partial charge is 0.354 e. The molecular formula is C15H21N3O2S2. The van der Waals surface area contributed by atoms with Crippen molar-refractivity contribution in [3.05, 3.63) is 28.0 Å². The number of thiophene rings is 1. The maximum Gasteiger partial charge on any atom is 0.285 e. The van der Waals surface area contributed by atoms with Crippen LogP contribution in [0, 0.1) is 0 Å². The number of nitrogens with one attached hydrogen (secondary N) is 1. The second-order valence-corrected chi connectivity index (χ2v) is 7.12. The van der Waals surface area contributed by atoms with Crippen LogP contribution in [-0.4, -0.2) is 33.7 Å². The zero-order chi connectivity index (χ0) is 15.8. The third-order valence-electron chi connectivity index (χ3n) is 3.18. The second kappa shape index (κ2) is 8.95. The van der Waals surface area contributed by atoms with Crippen molar-refractivity contribution in [2.45, 2.75) is 32.7 Å². The Morgan fingerprint density at radius 3 is 3.05 bits per heavy atom. The lowest BCUT2D eigenvalue weighted by atomic mass is 10.4. The van der Waals surface area contributed by atoms with Gasteiger partial charge in [-0.3, -0.25) is 9.59 Å². The van der Waals surface area contributed by atoms with Gasteiger partial charge in [0.25, 0.3) is 5.56 Å². The molecule has 0 atom stereocenters. The number of thioether (sulfide) groups is 1. The Morgan fingerprint density at radius 1 is 1.41 bits per heavy atom. The monoisotopic (exact) mass is 339 g/mol. The molecule has 0 radical (unpaired) electrons. The van der Waals surface area contributed by atoms with Crippen LogP contribution in [0.2, 0.25) is 0 Å². The van der Waals surface area contributed by atoms with Gasteiger partial charge in [0.15, 0.2) is 0 Å². The Labute approximate surface area is 138 Å². The fourth-order valence-corrected chi connectivity index (χ4v) is 3.81. The lowest BCUT2D eigenvalue weighted by Crippen LogP contribution is -2.34. The van der Waals surface area contributed by atoms with E-state index in [9.17, 15) is 9.59 Å². The van der Waals surface area contributed by atoms with Gasteiger partial charge in [-0.1, -0.05) is 13.3 Å². The predicted octanol–water partition coefficient (Wildman–Crippen LogP) is 2.50. The van der Waals surface area contributed by atoms with Gasteiger partial charge in [-0.15, -0.1) is 11.3 Å². The molecule has 0 aliphatic heterocycles. The molecule has 1 amide bonds. The van der Waals surface area contributed by atoms with Crippen LogP contribution in [0.25, 0.3) is 10.1 Å². The van der Waals surface area contributed by atoms with E-state index in [0.717, 1.165) is 17.6 Å². The van der Waals surface area contributed by atoms with E-state index in [-0.39, 0.29) is 18.0 Å². The summed E-state index contributed by atoms with van der Waals surface area (Å²) >= 11 is 3.30. The van der Waals surface area contributed by atoms with E-state index in [1.165, 1.54) is 34.6 Å². The van der Waals surface area contributed by atoms with Crippen LogP contribution in [0.5, 0.6) is 0 Å². The zero-order valence-electron chi connectivity index (χ0n) is 12.7. The smallest absolute Gasteiger partial charge is 0.285 e. The molecule has 22 heavy (non-hydrogen) atoms. The quantitative estimate of drug-likeness (QED) is 0.713. The normalized spacial score (nSPS) is 11.0. The summed E-state index contributed by atoms with van der Waals surface area (Å²) in [6.45, 7) is 2.81. The average Bonchev–Trinajstić information content (AvgIpc) is 2.98. The molecular weight excluding hydrogens is 318 g/mol. The van der Waals surface area contributed by atoms with Crippen molar-refractivity contribution in [3.8, 4) is 0 Å². The summed E-state index contributed by atoms with van der Waals surface area (Å²) in [5, 5.41) is 9.57. The molecule has 0 fully saturated rings. The number of aromatic nitrogens is 2. The van der Waals surface area contributed by atoms with Crippen LogP contribution in [0.4, 0.5) is 0 Å². The highest BCUT2D eigenvalue weighted by molar-refractivity contribution is 7.99. The molecule has 0 bridgehead atoms. The Hall–Kier alpha value is -1.34. The standard InChI is InChI=1S/C15H21N3O2S2/c1-2-3-7-21-8-4-6-16-13(19)11-18-15(20)14-12(10-17-18)5-9-22-14/h5,9-10H,2-4,6-8,11H2,1H3,(H,16,19). The minimum absolute atomic E-state index is 0.0182. The number of hydrogen-bond acceptors (Lipinski definition) is 5. The maximum absolute atomic E-state index is 12.1. The van der Waals surface area contributed by atoms with Gasteiger partial charge in [0.05, 0.1) is 6.20 Å². The highest BCUT2D eigenvalue weighted by Gasteiger charge is 2.08. The number of nitrogens with zero attached hydrogens (tertiary/aromatic N) is 2. The van der Waals surface area contributed by atoms with E-state index < -0.39 is 0 Å². The van der Waals surface area contributed by atoms with Crippen LogP contribution in [0.15, 0.2) is 22.4 Å². The van der Waals surface area contributed by atoms with Gasteiger partial charge in [0.2, 0.25) is 5.91 Å². The third-order valence-corrected chi connectivity index (χ3v) is 5.26. The molecule has 0 unspecified atom stereocenters. The van der Waals surface area contributed by atoms with Crippen LogP contribution in [-0.2, 0) is 11.3 Å². The fourth-order valence-electron chi connectivity index (χ4n) is 1.95. The first-order valence-corrected chi connectivity index (χ1v) is 9.53. The fraction of sp³-hybridized carbons (Fsp3) is 0.533. The van der Waals surface area contributed by atoms with Crippen molar-refractivity contribution in [2.75, 3.05) is 18.1 Å². The summed E-state index contributed by atoms with van der Waals surface area (Å²) in [5.74, 6) is 2.08. The number of carbonyl (C=O) groups excluding carboxylic acids is 1. The van der Waals surface area contributed by atoms with E-state index in [0.29, 0.717) is 11.2 Å². The molecule has 0 aromatic carbocycles. The van der Waals surface area contributed by atoms with E-state index in [4.69, 9.17) is 0 Å². The summed E-state index contributed by atoms with van der Waals surface area (Å²) in [4.78, 5) is 24.0. The summed E-state index contributed by atoms with van der Waals surface area (Å²) in [5.41, 5.74) is -0.197. The SMILES string of the molecule is CCCCSCCCNC(=O)Cn1ncc2ccsc2c1=O. The molecule has 0 saturated heterocycles. The van der Waals surface area contributed by atoms with Gasteiger partial charge in [0, 0.05) is 11.9 Å². The van der Waals surface area contributed by atoms with Crippen molar-refractivity contribution in [1.29, 1.82) is 0 Å². The number of fused-ring (bicyclic) bond motifs is 1. The number of amides is 1. The van der Waals surface area contributed by atoms with Crippen molar-refractivity contribution >= 4 is 39.1 Å². The molecule has 1 N–H and O–H groups in total. The molecule has 0 saturated carbocycles. The minimum atomic E-state index is -0.197. The molecule has 0 aliphatic carbocycles. The Morgan fingerprint density at radius 2 is 2.23 bits per heavy atom. The molecule has 5 nitrogen and oxygen atoms in total. The number of rotatable bonds is 9. The van der Waals surface area contributed by atoms with Gasteiger partial charge in [0.1, 0.15) is 11.2 Å². The van der Waals surface area contributed by atoms with Gasteiger partial charge in [-0.05, 0) is 35.8 Å². The Bertz CT molecular complexity index is 666. The molecule has 7 heteroatoms. The van der Waals surface area contributed by atoms with Gasteiger partial charge < -0.3 is 5.32 Å². The zero-order valence-corrected chi connectivity index (χ0v) is 14.3. The summed E-state index contributed by atoms with van der Waals surface area (Å²) < 4.78 is 1.87. The number of unbranched alkanes of at least 4 members (excludes halogenated alkanes) is 1. The topological polar surface area (TPSA) is 64.0 Å². The lowest BCUT2D eigenvalue weighted by Gasteiger charge is -2.06. The van der Waals surface area contributed by atoms with Crippen LogP contribution >= 0.6 is 23.1 Å². The first kappa shape index (κ1) is 17.0. The maximum atomic E-state index is 12.1. The van der Waals surface area contributed by atoms with Crippen molar-refractivity contribution < 1.29 is 4.79 Å². The molecule has 0 spiro atoms. The molecule has 2 aromatic rings. The molecule has 2 rings (SSSR count). The highest BCUT2D eigenvalue weighted by atomic mass is 32.2. The summed E-state index contributed by atoms with van der Waals surface area (Å²) in [6, 6.07) is 1.86. The third kappa shape index (κ3) is 4.84. The van der Waals surface area contributed by atoms with E-state index >= 15 is 0 Å². The van der Waals surface area contributed by atoms with E-state index in [1.807, 2.05) is 23.2 Å². The van der Waals surface area contributed by atoms with Crippen LogP contribution in [0.3, 0.4) is 0 Å². The van der Waals surface area contributed by atoms with Crippen molar-refractivity contribution in [1.82, 2.24) is 15.1 Å². The van der Waals surface area contributed by atoms with E-state index in [1.54, 1.807) is 6.20 Å². The van der Waals surface area contributed by atoms with Crippen molar-refractivity contribution in [3.63, 3.8) is 0 Å². The molecule has 120 valence electrons. The second-order valence-electron chi connectivity index (χ2n) is 4.98. The Kier molecular flexibility index (Phi) is 6.92. The Balaban J connectivity index is 1.74. The van der Waals surface area contributed by atoms with Crippen LogP contribution in [0.1, 0.15) is 26.2 Å². The predicted molar refractivity (Wildman–Crippen MR) is 93.7 cm³/mol. The first-order valence-electron chi connectivity index (χ1n) is 7.50. The first-order chi connectivity index (χ1) is 10.7. The lowest BCUT2D eigenvalue weighted by molar-refractivity contribution is -0.121. The van der Waals surface area contributed by atoms with Gasteiger partial charge >= 0.3 is 0 Å². The average molecular weight is 339 g/mol. The summed E-state index contributed by atoms with van der Waals surface area (Å²) in [7, 11) is 0.